The number of carbonyl (C=O) groups is 1. The minimum atomic E-state index is -1.22. The summed E-state index contributed by atoms with van der Waals surface area (Å²) >= 11 is 0. The predicted molar refractivity (Wildman–Crippen MR) is 62.9 cm³/mol. The Hall–Kier alpha value is -1.74. The third-order valence-electron chi connectivity index (χ3n) is 2.17. The Morgan fingerprint density at radius 1 is 0.875 bits per heavy atom. The first-order valence-electron chi connectivity index (χ1n) is 4.83. The molecule has 2 aromatic carbocycles. The molecule has 2 rings (SSSR count). The van der Waals surface area contributed by atoms with Gasteiger partial charge in [-0.3, -0.25) is 4.79 Å². The maximum absolute atomic E-state index is 12.1. The van der Waals surface area contributed by atoms with Gasteiger partial charge in [0.15, 0.2) is 0 Å². The van der Waals surface area contributed by atoms with Crippen molar-refractivity contribution in [1.82, 2.24) is 0 Å². The van der Waals surface area contributed by atoms with Crippen LogP contribution in [0.5, 0.6) is 0 Å². The van der Waals surface area contributed by atoms with Crippen LogP contribution < -0.4 is 0 Å². The van der Waals surface area contributed by atoms with Gasteiger partial charge < -0.3 is 0 Å². The molecule has 2 aromatic rings. The number of aldehydes is 1. The quantitative estimate of drug-likeness (QED) is 0.760. The van der Waals surface area contributed by atoms with Crippen molar-refractivity contribution in [3.8, 4) is 0 Å². The van der Waals surface area contributed by atoms with E-state index in [4.69, 9.17) is 0 Å². The van der Waals surface area contributed by atoms with E-state index in [9.17, 15) is 9.00 Å². The molecule has 0 heterocycles. The summed E-state index contributed by atoms with van der Waals surface area (Å²) < 4.78 is 12.1. The van der Waals surface area contributed by atoms with Gasteiger partial charge in [0.25, 0.3) is 0 Å². The van der Waals surface area contributed by atoms with Crippen molar-refractivity contribution >= 4 is 17.1 Å². The molecule has 0 bridgehead atoms. The molecular formula is C13H10O2S. The summed E-state index contributed by atoms with van der Waals surface area (Å²) in [4.78, 5) is 12.0. The second kappa shape index (κ2) is 4.86. The smallest absolute Gasteiger partial charge is 0.150 e. The van der Waals surface area contributed by atoms with Crippen molar-refractivity contribution in [3.05, 3.63) is 60.2 Å². The fraction of sp³-hybridized carbons (Fsp3) is 0. The zero-order valence-corrected chi connectivity index (χ0v) is 9.31. The van der Waals surface area contributed by atoms with Crippen LogP contribution in [0.3, 0.4) is 0 Å². The summed E-state index contributed by atoms with van der Waals surface area (Å²) in [5.41, 5.74) is 0.543. The van der Waals surface area contributed by atoms with E-state index in [0.717, 1.165) is 11.2 Å². The van der Waals surface area contributed by atoms with Gasteiger partial charge in [0.1, 0.15) is 6.29 Å². The third-order valence-corrected chi connectivity index (χ3v) is 3.55. The highest BCUT2D eigenvalue weighted by Gasteiger charge is 2.06. The lowest BCUT2D eigenvalue weighted by Gasteiger charge is -2.02. The molecule has 1 unspecified atom stereocenters. The van der Waals surface area contributed by atoms with Crippen LogP contribution in [-0.2, 0) is 10.8 Å². The number of benzene rings is 2. The van der Waals surface area contributed by atoms with Gasteiger partial charge >= 0.3 is 0 Å². The van der Waals surface area contributed by atoms with Crippen LogP contribution in [0.15, 0.2) is 64.4 Å². The van der Waals surface area contributed by atoms with E-state index in [1.165, 1.54) is 0 Å². The van der Waals surface area contributed by atoms with Crippen LogP contribution in [0, 0.1) is 0 Å². The Morgan fingerprint density at radius 3 is 2.25 bits per heavy atom. The van der Waals surface area contributed by atoms with Crippen LogP contribution in [-0.4, -0.2) is 10.5 Å². The highest BCUT2D eigenvalue weighted by atomic mass is 32.2. The largest absolute Gasteiger partial charge is 0.298 e. The van der Waals surface area contributed by atoms with E-state index in [1.807, 2.05) is 30.3 Å². The number of carbonyl (C=O) groups excluding carboxylic acids is 1. The molecule has 0 aliphatic heterocycles. The van der Waals surface area contributed by atoms with Gasteiger partial charge in [0.2, 0.25) is 0 Å². The van der Waals surface area contributed by atoms with Crippen molar-refractivity contribution in [2.45, 2.75) is 9.79 Å². The molecule has 0 spiro atoms. The number of hydrogen-bond donors (Lipinski definition) is 0. The van der Waals surface area contributed by atoms with Crippen LogP contribution in [0.2, 0.25) is 0 Å². The fourth-order valence-corrected chi connectivity index (χ4v) is 2.51. The van der Waals surface area contributed by atoms with Crippen molar-refractivity contribution < 1.29 is 9.00 Å². The molecule has 80 valence electrons. The second-order valence-electron chi connectivity index (χ2n) is 3.27. The minimum absolute atomic E-state index is 0.543. The van der Waals surface area contributed by atoms with Crippen LogP contribution in [0.25, 0.3) is 0 Å². The summed E-state index contributed by atoms with van der Waals surface area (Å²) in [6.07, 6.45) is 0.756. The summed E-state index contributed by atoms with van der Waals surface area (Å²) in [6, 6.07) is 16.0. The average molecular weight is 230 g/mol. The van der Waals surface area contributed by atoms with Gasteiger partial charge in [-0.2, -0.15) is 0 Å². The molecule has 0 aliphatic carbocycles. The van der Waals surface area contributed by atoms with E-state index in [2.05, 4.69) is 0 Å². The zero-order valence-electron chi connectivity index (χ0n) is 8.50. The Morgan fingerprint density at radius 2 is 1.56 bits per heavy atom. The molecule has 1 atom stereocenters. The van der Waals surface area contributed by atoms with Gasteiger partial charge in [-0.25, -0.2) is 4.21 Å². The van der Waals surface area contributed by atoms with Gasteiger partial charge in [-0.1, -0.05) is 30.3 Å². The summed E-state index contributed by atoms with van der Waals surface area (Å²) in [5.74, 6) is 0. The van der Waals surface area contributed by atoms with Gasteiger partial charge in [-0.15, -0.1) is 0 Å². The number of hydrogen-bond acceptors (Lipinski definition) is 2. The topological polar surface area (TPSA) is 34.1 Å². The molecule has 0 aromatic heterocycles. The Kier molecular flexibility index (Phi) is 3.27. The van der Waals surface area contributed by atoms with Crippen LogP contribution in [0.1, 0.15) is 10.4 Å². The molecule has 0 fully saturated rings. The Balaban J connectivity index is 2.38. The predicted octanol–water partition coefficient (Wildman–Crippen LogP) is 2.67. The van der Waals surface area contributed by atoms with E-state index in [0.29, 0.717) is 10.5 Å². The third kappa shape index (κ3) is 2.25. The van der Waals surface area contributed by atoms with E-state index in [-0.39, 0.29) is 0 Å². The maximum Gasteiger partial charge on any atom is 0.150 e. The minimum Gasteiger partial charge on any atom is -0.298 e. The highest BCUT2D eigenvalue weighted by Crippen LogP contribution is 2.16. The lowest BCUT2D eigenvalue weighted by Crippen LogP contribution is -1.93. The molecular weight excluding hydrogens is 220 g/mol. The Labute approximate surface area is 96.4 Å². The SMILES string of the molecule is O=Cc1cccc(S(=O)c2ccccc2)c1. The first kappa shape index (κ1) is 10.8. The molecule has 0 amide bonds. The number of rotatable bonds is 3. The average Bonchev–Trinajstić information content (AvgIpc) is 2.39. The molecule has 0 radical (unpaired) electrons. The second-order valence-corrected chi connectivity index (χ2v) is 4.75. The lowest BCUT2D eigenvalue weighted by molar-refractivity contribution is 0.112. The molecule has 0 saturated carbocycles. The maximum atomic E-state index is 12.1. The van der Waals surface area contributed by atoms with E-state index in [1.54, 1.807) is 24.3 Å². The van der Waals surface area contributed by atoms with Crippen molar-refractivity contribution in [2.75, 3.05) is 0 Å². The van der Waals surface area contributed by atoms with Gasteiger partial charge in [-0.05, 0) is 24.3 Å². The van der Waals surface area contributed by atoms with Gasteiger partial charge in [0, 0.05) is 15.4 Å². The summed E-state index contributed by atoms with van der Waals surface area (Å²) in [5, 5.41) is 0. The standard InChI is InChI=1S/C13H10O2S/c14-10-11-5-4-8-13(9-11)16(15)12-6-2-1-3-7-12/h1-10H. The molecule has 3 heteroatoms. The zero-order chi connectivity index (χ0) is 11.4. The van der Waals surface area contributed by atoms with Crippen molar-refractivity contribution in [3.63, 3.8) is 0 Å². The molecule has 2 nitrogen and oxygen atoms in total. The molecule has 16 heavy (non-hydrogen) atoms. The fourth-order valence-electron chi connectivity index (χ4n) is 1.38. The molecule has 0 N–H and O–H groups in total. The first-order chi connectivity index (χ1) is 7.81. The highest BCUT2D eigenvalue weighted by molar-refractivity contribution is 7.85. The summed E-state index contributed by atoms with van der Waals surface area (Å²) in [7, 11) is -1.22. The first-order valence-corrected chi connectivity index (χ1v) is 5.98. The van der Waals surface area contributed by atoms with Crippen molar-refractivity contribution in [2.24, 2.45) is 0 Å². The summed E-state index contributed by atoms with van der Waals surface area (Å²) in [6.45, 7) is 0. The van der Waals surface area contributed by atoms with E-state index < -0.39 is 10.8 Å². The monoisotopic (exact) mass is 230 g/mol. The van der Waals surface area contributed by atoms with Crippen LogP contribution in [0.4, 0.5) is 0 Å². The lowest BCUT2D eigenvalue weighted by atomic mass is 10.2. The Bertz CT molecular complexity index is 520. The normalized spacial score (nSPS) is 12.0. The van der Waals surface area contributed by atoms with Crippen LogP contribution >= 0.6 is 0 Å². The van der Waals surface area contributed by atoms with Crippen molar-refractivity contribution in [1.29, 1.82) is 0 Å². The van der Waals surface area contributed by atoms with Gasteiger partial charge in [0.05, 0.1) is 10.8 Å². The molecule has 0 saturated heterocycles. The molecule has 0 aliphatic rings. The van der Waals surface area contributed by atoms with E-state index >= 15 is 0 Å².